The fourth-order valence-electron chi connectivity index (χ4n) is 1.71. The highest BCUT2D eigenvalue weighted by molar-refractivity contribution is 5.89. The maximum absolute atomic E-state index is 10.9. The van der Waals surface area contributed by atoms with E-state index in [9.17, 15) is 4.79 Å². The quantitative estimate of drug-likeness (QED) is 0.735. The molecular weight excluding hydrogens is 178 g/mol. The highest BCUT2D eigenvalue weighted by Gasteiger charge is 2.31. The first kappa shape index (κ1) is 8.89. The zero-order chi connectivity index (χ0) is 10.1. The molecule has 1 saturated carbocycles. The first-order valence-corrected chi connectivity index (χ1v) is 4.60. The van der Waals surface area contributed by atoms with Crippen molar-refractivity contribution in [1.29, 1.82) is 0 Å². The zero-order valence-electron chi connectivity index (χ0n) is 7.73. The van der Waals surface area contributed by atoms with Gasteiger partial charge in [0.1, 0.15) is 0 Å². The van der Waals surface area contributed by atoms with Crippen LogP contribution in [0.3, 0.4) is 0 Å². The number of rotatable bonds is 3. The number of hydrogen-bond donors (Lipinski definition) is 1. The van der Waals surface area contributed by atoms with Crippen LogP contribution >= 0.6 is 0 Å². The maximum Gasteiger partial charge on any atom is 0.337 e. The fraction of sp³-hybridized carbons (Fsp3) is 0.364. The van der Waals surface area contributed by atoms with E-state index in [1.54, 1.807) is 12.3 Å². The van der Waals surface area contributed by atoms with Gasteiger partial charge >= 0.3 is 5.97 Å². The molecule has 3 heteroatoms. The van der Waals surface area contributed by atoms with Gasteiger partial charge in [0.25, 0.3) is 0 Å². The van der Waals surface area contributed by atoms with Gasteiger partial charge in [-0.2, -0.15) is 0 Å². The highest BCUT2D eigenvalue weighted by atomic mass is 16.4. The number of terminal acetylenes is 1. The number of carboxylic acids is 1. The van der Waals surface area contributed by atoms with Crippen molar-refractivity contribution in [3.63, 3.8) is 0 Å². The van der Waals surface area contributed by atoms with Gasteiger partial charge < -0.3 is 9.67 Å². The summed E-state index contributed by atoms with van der Waals surface area (Å²) >= 11 is 0. The Kier molecular flexibility index (Phi) is 2.05. The lowest BCUT2D eigenvalue weighted by Gasteiger charge is -2.05. The fourth-order valence-corrected chi connectivity index (χ4v) is 1.71. The Labute approximate surface area is 82.4 Å². The molecular formula is C11H11NO2. The molecule has 0 atom stereocenters. The summed E-state index contributed by atoms with van der Waals surface area (Å²) in [7, 11) is 0. The molecule has 2 rings (SSSR count). The number of carboxylic acid groups (broad SMARTS) is 1. The summed E-state index contributed by atoms with van der Waals surface area (Å²) in [6.07, 6.45) is 9.13. The Morgan fingerprint density at radius 3 is 2.93 bits per heavy atom. The van der Waals surface area contributed by atoms with Crippen molar-refractivity contribution in [2.24, 2.45) is 0 Å². The summed E-state index contributed by atoms with van der Waals surface area (Å²) in [5.41, 5.74) is 1.30. The van der Waals surface area contributed by atoms with E-state index in [2.05, 4.69) is 5.92 Å². The molecule has 0 amide bonds. The van der Waals surface area contributed by atoms with Crippen LogP contribution in [0.1, 0.15) is 34.8 Å². The lowest BCUT2D eigenvalue weighted by molar-refractivity contribution is 0.0695. The van der Waals surface area contributed by atoms with Crippen LogP contribution in [0.25, 0.3) is 0 Å². The summed E-state index contributed by atoms with van der Waals surface area (Å²) < 4.78 is 1.86. The zero-order valence-corrected chi connectivity index (χ0v) is 7.73. The molecule has 0 saturated heterocycles. The van der Waals surface area contributed by atoms with Crippen molar-refractivity contribution in [2.75, 3.05) is 0 Å². The van der Waals surface area contributed by atoms with Crippen molar-refractivity contribution in [3.05, 3.63) is 23.5 Å². The second-order valence-corrected chi connectivity index (χ2v) is 3.53. The van der Waals surface area contributed by atoms with Crippen LogP contribution in [0.15, 0.2) is 12.3 Å². The van der Waals surface area contributed by atoms with Gasteiger partial charge in [0.05, 0.1) is 12.1 Å². The summed E-state index contributed by atoms with van der Waals surface area (Å²) in [5.74, 6) is 2.08. The molecule has 1 aromatic heterocycles. The third kappa shape index (κ3) is 1.39. The topological polar surface area (TPSA) is 42.2 Å². The highest BCUT2D eigenvalue weighted by Crippen LogP contribution is 2.42. The number of carbonyl (C=O) groups is 1. The normalized spacial score (nSPS) is 15.1. The Balaban J connectivity index is 2.42. The summed E-state index contributed by atoms with van der Waals surface area (Å²) in [6.45, 7) is 0.457. The molecule has 1 aliphatic rings. The Morgan fingerprint density at radius 2 is 2.43 bits per heavy atom. The SMILES string of the molecule is C#CCn1ccc(C(=O)O)c1C1CC1. The summed E-state index contributed by atoms with van der Waals surface area (Å²) in [4.78, 5) is 10.9. The number of nitrogens with zero attached hydrogens (tertiary/aromatic N) is 1. The molecule has 0 spiro atoms. The second-order valence-electron chi connectivity index (χ2n) is 3.53. The average molecular weight is 189 g/mol. The van der Waals surface area contributed by atoms with Crippen LogP contribution in [0, 0.1) is 12.3 Å². The van der Waals surface area contributed by atoms with Gasteiger partial charge in [-0.15, -0.1) is 6.42 Å². The van der Waals surface area contributed by atoms with Gasteiger partial charge in [0.15, 0.2) is 0 Å². The van der Waals surface area contributed by atoms with Crippen LogP contribution in [0.4, 0.5) is 0 Å². The minimum Gasteiger partial charge on any atom is -0.478 e. The largest absolute Gasteiger partial charge is 0.478 e. The van der Waals surface area contributed by atoms with Gasteiger partial charge in [-0.1, -0.05) is 5.92 Å². The monoisotopic (exact) mass is 189 g/mol. The number of aromatic carboxylic acids is 1. The first-order valence-electron chi connectivity index (χ1n) is 4.60. The van der Waals surface area contributed by atoms with E-state index in [1.165, 1.54) is 0 Å². The van der Waals surface area contributed by atoms with Gasteiger partial charge in [-0.3, -0.25) is 0 Å². The van der Waals surface area contributed by atoms with Gasteiger partial charge in [-0.05, 0) is 18.9 Å². The molecule has 0 unspecified atom stereocenters. The van der Waals surface area contributed by atoms with Gasteiger partial charge in [0.2, 0.25) is 0 Å². The van der Waals surface area contributed by atoms with Crippen molar-refractivity contribution in [3.8, 4) is 12.3 Å². The van der Waals surface area contributed by atoms with Crippen LogP contribution < -0.4 is 0 Å². The molecule has 0 aliphatic heterocycles. The summed E-state index contributed by atoms with van der Waals surface area (Å²) in [5, 5.41) is 8.96. The smallest absolute Gasteiger partial charge is 0.337 e. The van der Waals surface area contributed by atoms with Crippen LogP contribution in [-0.2, 0) is 6.54 Å². The molecule has 1 N–H and O–H groups in total. The minimum absolute atomic E-state index is 0.405. The molecule has 1 aliphatic carbocycles. The Bertz CT molecular complexity index is 407. The predicted molar refractivity (Wildman–Crippen MR) is 52.2 cm³/mol. The molecule has 72 valence electrons. The number of aromatic nitrogens is 1. The lowest BCUT2D eigenvalue weighted by atomic mass is 10.2. The molecule has 1 fully saturated rings. The first-order chi connectivity index (χ1) is 6.74. The van der Waals surface area contributed by atoms with E-state index in [1.807, 2.05) is 4.57 Å². The van der Waals surface area contributed by atoms with E-state index in [0.29, 0.717) is 18.0 Å². The molecule has 1 aromatic rings. The molecule has 3 nitrogen and oxygen atoms in total. The van der Waals surface area contributed by atoms with E-state index in [-0.39, 0.29) is 0 Å². The van der Waals surface area contributed by atoms with Crippen molar-refractivity contribution in [1.82, 2.24) is 4.57 Å². The molecule has 1 heterocycles. The average Bonchev–Trinajstić information content (AvgIpc) is 2.88. The van der Waals surface area contributed by atoms with Crippen molar-refractivity contribution < 1.29 is 9.90 Å². The van der Waals surface area contributed by atoms with E-state index in [0.717, 1.165) is 18.5 Å². The van der Waals surface area contributed by atoms with Crippen LogP contribution in [0.2, 0.25) is 0 Å². The molecule has 0 radical (unpaired) electrons. The molecule has 0 bridgehead atoms. The van der Waals surface area contributed by atoms with Gasteiger partial charge in [0, 0.05) is 17.8 Å². The van der Waals surface area contributed by atoms with Crippen LogP contribution in [0.5, 0.6) is 0 Å². The van der Waals surface area contributed by atoms with Crippen molar-refractivity contribution in [2.45, 2.75) is 25.3 Å². The van der Waals surface area contributed by atoms with Gasteiger partial charge in [-0.25, -0.2) is 4.79 Å². The summed E-state index contributed by atoms with van der Waals surface area (Å²) in [6, 6.07) is 1.63. The third-order valence-electron chi connectivity index (χ3n) is 2.46. The molecule has 0 aromatic carbocycles. The van der Waals surface area contributed by atoms with Crippen molar-refractivity contribution >= 4 is 5.97 Å². The third-order valence-corrected chi connectivity index (χ3v) is 2.46. The standard InChI is InChI=1S/C11H11NO2/c1-2-6-12-7-5-9(11(13)14)10(12)8-3-4-8/h1,5,7-8H,3-4,6H2,(H,13,14). The number of hydrogen-bond acceptors (Lipinski definition) is 1. The lowest BCUT2D eigenvalue weighted by Crippen LogP contribution is -2.05. The van der Waals surface area contributed by atoms with Crippen LogP contribution in [-0.4, -0.2) is 15.6 Å². The second kappa shape index (κ2) is 3.22. The minimum atomic E-state index is -0.859. The van der Waals surface area contributed by atoms with E-state index in [4.69, 9.17) is 11.5 Å². The predicted octanol–water partition coefficient (Wildman–Crippen LogP) is 1.70. The van der Waals surface area contributed by atoms with E-state index >= 15 is 0 Å². The van der Waals surface area contributed by atoms with E-state index < -0.39 is 5.97 Å². The Morgan fingerprint density at radius 1 is 1.71 bits per heavy atom. The molecule has 14 heavy (non-hydrogen) atoms. The maximum atomic E-state index is 10.9. The Hall–Kier alpha value is -1.69.